The second-order valence-corrected chi connectivity index (χ2v) is 5.45. The molecule has 96 valence electrons. The van der Waals surface area contributed by atoms with Crippen LogP contribution in [0.1, 0.15) is 16.3 Å². The summed E-state index contributed by atoms with van der Waals surface area (Å²) < 4.78 is 0. The van der Waals surface area contributed by atoms with E-state index in [2.05, 4.69) is 15.7 Å². The molecular formula is C13H15ClN2OS. The van der Waals surface area contributed by atoms with Crippen molar-refractivity contribution >= 4 is 22.9 Å². The number of hydrogen-bond acceptors (Lipinski definition) is 4. The van der Waals surface area contributed by atoms with Crippen LogP contribution in [0, 0.1) is 6.92 Å². The molecule has 1 aromatic carbocycles. The highest BCUT2D eigenvalue weighted by Crippen LogP contribution is 2.23. The van der Waals surface area contributed by atoms with Gasteiger partial charge in [-0.15, -0.1) is 11.3 Å². The van der Waals surface area contributed by atoms with Crippen LogP contribution in [0.25, 0.3) is 0 Å². The Morgan fingerprint density at radius 1 is 1.44 bits per heavy atom. The molecule has 0 radical (unpaired) electrons. The number of thiazole rings is 1. The zero-order valence-electron chi connectivity index (χ0n) is 10.1. The minimum Gasteiger partial charge on any atom is -0.506 e. The molecule has 18 heavy (non-hydrogen) atoms. The Balaban J connectivity index is 1.76. The maximum Gasteiger partial charge on any atom is 0.134 e. The van der Waals surface area contributed by atoms with Gasteiger partial charge in [0.05, 0.1) is 10.0 Å². The molecule has 0 aliphatic heterocycles. The molecule has 0 saturated heterocycles. The van der Waals surface area contributed by atoms with E-state index in [1.54, 1.807) is 23.5 Å². The first kappa shape index (κ1) is 13.3. The summed E-state index contributed by atoms with van der Waals surface area (Å²) in [5, 5.41) is 16.3. The topological polar surface area (TPSA) is 45.1 Å². The highest BCUT2D eigenvalue weighted by atomic mass is 35.5. The SMILES string of the molecule is Cc1csc(CCNCc2ccc(O)c(Cl)c2)n1. The molecule has 2 aromatic rings. The van der Waals surface area contributed by atoms with Crippen molar-refractivity contribution in [1.29, 1.82) is 0 Å². The molecular weight excluding hydrogens is 268 g/mol. The molecule has 2 N–H and O–H groups in total. The van der Waals surface area contributed by atoms with Crippen molar-refractivity contribution in [2.75, 3.05) is 6.54 Å². The van der Waals surface area contributed by atoms with Crippen LogP contribution in [-0.2, 0) is 13.0 Å². The Morgan fingerprint density at radius 2 is 2.28 bits per heavy atom. The number of aryl methyl sites for hydroxylation is 1. The van der Waals surface area contributed by atoms with Crippen LogP contribution in [0.2, 0.25) is 5.02 Å². The lowest BCUT2D eigenvalue weighted by Crippen LogP contribution is -2.16. The Labute approximate surface area is 115 Å². The first-order valence-corrected chi connectivity index (χ1v) is 7.00. The van der Waals surface area contributed by atoms with E-state index in [4.69, 9.17) is 11.6 Å². The van der Waals surface area contributed by atoms with E-state index in [9.17, 15) is 5.11 Å². The van der Waals surface area contributed by atoms with Crippen LogP contribution >= 0.6 is 22.9 Å². The lowest BCUT2D eigenvalue weighted by molar-refractivity contribution is 0.475. The van der Waals surface area contributed by atoms with E-state index in [-0.39, 0.29) is 5.75 Å². The summed E-state index contributed by atoms with van der Waals surface area (Å²) in [7, 11) is 0. The summed E-state index contributed by atoms with van der Waals surface area (Å²) in [5.74, 6) is 0.124. The summed E-state index contributed by atoms with van der Waals surface area (Å²) in [4.78, 5) is 4.41. The van der Waals surface area contributed by atoms with Gasteiger partial charge in [-0.05, 0) is 24.6 Å². The minimum atomic E-state index is 0.124. The van der Waals surface area contributed by atoms with Gasteiger partial charge < -0.3 is 10.4 Å². The first-order chi connectivity index (χ1) is 8.65. The van der Waals surface area contributed by atoms with Crippen LogP contribution in [0.15, 0.2) is 23.6 Å². The fourth-order valence-corrected chi connectivity index (χ4v) is 2.58. The summed E-state index contributed by atoms with van der Waals surface area (Å²) in [6.07, 6.45) is 0.935. The molecule has 0 atom stereocenters. The lowest BCUT2D eigenvalue weighted by atomic mass is 10.2. The second-order valence-electron chi connectivity index (χ2n) is 4.10. The van der Waals surface area contributed by atoms with E-state index >= 15 is 0 Å². The fourth-order valence-electron chi connectivity index (χ4n) is 1.61. The van der Waals surface area contributed by atoms with Crippen LogP contribution in [0.4, 0.5) is 0 Å². The Morgan fingerprint density at radius 3 is 2.94 bits per heavy atom. The number of phenolic OH excluding ortho intramolecular Hbond substituents is 1. The molecule has 0 amide bonds. The normalized spacial score (nSPS) is 10.8. The summed E-state index contributed by atoms with van der Waals surface area (Å²) >= 11 is 7.53. The number of halogens is 1. The number of nitrogens with one attached hydrogen (secondary N) is 1. The van der Waals surface area contributed by atoms with Gasteiger partial charge in [0.2, 0.25) is 0 Å². The maximum absolute atomic E-state index is 9.31. The number of aromatic hydroxyl groups is 1. The molecule has 0 spiro atoms. The third-order valence-corrected chi connectivity index (χ3v) is 3.85. The summed E-state index contributed by atoms with van der Waals surface area (Å²) in [6.45, 7) is 3.63. The maximum atomic E-state index is 9.31. The van der Waals surface area contributed by atoms with Gasteiger partial charge in [0.25, 0.3) is 0 Å². The van der Waals surface area contributed by atoms with Gasteiger partial charge in [-0.1, -0.05) is 17.7 Å². The number of benzene rings is 1. The quantitative estimate of drug-likeness (QED) is 0.828. The fraction of sp³-hybridized carbons (Fsp3) is 0.308. The van der Waals surface area contributed by atoms with Gasteiger partial charge >= 0.3 is 0 Å². The Kier molecular flexibility index (Phi) is 4.58. The third kappa shape index (κ3) is 3.70. The molecule has 5 heteroatoms. The van der Waals surface area contributed by atoms with E-state index in [0.29, 0.717) is 5.02 Å². The Bertz CT molecular complexity index is 527. The minimum absolute atomic E-state index is 0.124. The van der Waals surface area contributed by atoms with Gasteiger partial charge in [-0.25, -0.2) is 4.98 Å². The van der Waals surface area contributed by atoms with Gasteiger partial charge in [0, 0.05) is 30.6 Å². The highest BCUT2D eigenvalue weighted by molar-refractivity contribution is 7.09. The number of phenols is 1. The average molecular weight is 283 g/mol. The highest BCUT2D eigenvalue weighted by Gasteiger charge is 2.01. The van der Waals surface area contributed by atoms with E-state index in [1.807, 2.05) is 13.0 Å². The van der Waals surface area contributed by atoms with Crippen molar-refractivity contribution in [1.82, 2.24) is 10.3 Å². The number of hydrogen-bond donors (Lipinski definition) is 2. The predicted octanol–water partition coefficient (Wildman–Crippen LogP) is 3.14. The van der Waals surface area contributed by atoms with Crippen molar-refractivity contribution in [3.05, 3.63) is 44.9 Å². The smallest absolute Gasteiger partial charge is 0.134 e. The molecule has 0 bridgehead atoms. The van der Waals surface area contributed by atoms with Gasteiger partial charge in [0.1, 0.15) is 5.75 Å². The van der Waals surface area contributed by atoms with E-state index in [0.717, 1.165) is 35.8 Å². The van der Waals surface area contributed by atoms with Crippen molar-refractivity contribution in [2.24, 2.45) is 0 Å². The van der Waals surface area contributed by atoms with Crippen LogP contribution in [0.5, 0.6) is 5.75 Å². The molecule has 0 unspecified atom stereocenters. The van der Waals surface area contributed by atoms with E-state index < -0.39 is 0 Å². The molecule has 0 fully saturated rings. The number of aromatic nitrogens is 1. The van der Waals surface area contributed by atoms with Crippen LogP contribution < -0.4 is 5.32 Å². The second kappa shape index (κ2) is 6.18. The lowest BCUT2D eigenvalue weighted by Gasteiger charge is -2.05. The third-order valence-electron chi connectivity index (χ3n) is 2.52. The van der Waals surface area contributed by atoms with Gasteiger partial charge in [-0.3, -0.25) is 0 Å². The monoisotopic (exact) mass is 282 g/mol. The molecule has 1 aromatic heterocycles. The Hall–Kier alpha value is -1.10. The zero-order chi connectivity index (χ0) is 13.0. The van der Waals surface area contributed by atoms with Crippen molar-refractivity contribution in [3.8, 4) is 5.75 Å². The first-order valence-electron chi connectivity index (χ1n) is 5.74. The van der Waals surface area contributed by atoms with Crippen molar-refractivity contribution in [3.63, 3.8) is 0 Å². The van der Waals surface area contributed by atoms with Crippen LogP contribution in [-0.4, -0.2) is 16.6 Å². The van der Waals surface area contributed by atoms with Crippen molar-refractivity contribution in [2.45, 2.75) is 19.9 Å². The van der Waals surface area contributed by atoms with Gasteiger partial charge in [0.15, 0.2) is 0 Å². The summed E-state index contributed by atoms with van der Waals surface area (Å²) in [6, 6.07) is 5.25. The molecule has 0 saturated carbocycles. The molecule has 1 heterocycles. The number of nitrogens with zero attached hydrogens (tertiary/aromatic N) is 1. The molecule has 2 rings (SSSR count). The molecule has 0 aliphatic carbocycles. The standard InChI is InChI=1S/C13H15ClN2OS/c1-9-8-18-13(16-9)4-5-15-7-10-2-3-12(17)11(14)6-10/h2-3,6,8,15,17H,4-5,7H2,1H3. The molecule has 0 aliphatic rings. The largest absolute Gasteiger partial charge is 0.506 e. The predicted molar refractivity (Wildman–Crippen MR) is 75.4 cm³/mol. The van der Waals surface area contributed by atoms with Crippen molar-refractivity contribution < 1.29 is 5.11 Å². The average Bonchev–Trinajstić information content (AvgIpc) is 2.75. The van der Waals surface area contributed by atoms with Gasteiger partial charge in [-0.2, -0.15) is 0 Å². The molecule has 3 nitrogen and oxygen atoms in total. The number of rotatable bonds is 5. The summed E-state index contributed by atoms with van der Waals surface area (Å²) in [5.41, 5.74) is 2.15. The van der Waals surface area contributed by atoms with Crippen LogP contribution in [0.3, 0.4) is 0 Å². The van der Waals surface area contributed by atoms with E-state index in [1.165, 1.54) is 0 Å². The zero-order valence-corrected chi connectivity index (χ0v) is 11.7.